The summed E-state index contributed by atoms with van der Waals surface area (Å²) in [4.78, 5) is 12.8. The lowest BCUT2D eigenvalue weighted by Gasteiger charge is -2.36. The minimum Gasteiger partial charge on any atom is -0.391 e. The van der Waals surface area contributed by atoms with E-state index in [0.29, 0.717) is 11.4 Å². The maximum Gasteiger partial charge on any atom is 0.224 e. The van der Waals surface area contributed by atoms with Crippen molar-refractivity contribution in [3.63, 3.8) is 0 Å². The van der Waals surface area contributed by atoms with Crippen molar-refractivity contribution < 1.29 is 13.2 Å². The van der Waals surface area contributed by atoms with E-state index in [1.807, 2.05) is 0 Å². The van der Waals surface area contributed by atoms with Crippen LogP contribution >= 0.6 is 12.2 Å². The van der Waals surface area contributed by atoms with E-state index in [0.717, 1.165) is 38.5 Å². The second kappa shape index (κ2) is 6.60. The van der Waals surface area contributed by atoms with Gasteiger partial charge < -0.3 is 11.1 Å². The minimum atomic E-state index is -3.06. The zero-order chi connectivity index (χ0) is 15.5. The predicted molar refractivity (Wildman–Crippen MR) is 86.7 cm³/mol. The van der Waals surface area contributed by atoms with E-state index >= 15 is 0 Å². The number of carbonyl (C=O) groups excluding carboxylic acids is 1. The van der Waals surface area contributed by atoms with Gasteiger partial charge in [-0.3, -0.25) is 4.79 Å². The monoisotopic (exact) mass is 332 g/mol. The van der Waals surface area contributed by atoms with Gasteiger partial charge in [0.25, 0.3) is 0 Å². The Morgan fingerprint density at radius 3 is 2.19 bits per heavy atom. The summed E-state index contributed by atoms with van der Waals surface area (Å²) < 4.78 is 23.0. The van der Waals surface area contributed by atoms with Gasteiger partial charge in [-0.15, -0.1) is 0 Å². The van der Waals surface area contributed by atoms with Gasteiger partial charge in [0, 0.05) is 0 Å². The third-order valence-electron chi connectivity index (χ3n) is 4.64. The Hall–Kier alpha value is -0.690. The molecule has 5 nitrogen and oxygen atoms in total. The van der Waals surface area contributed by atoms with Crippen LogP contribution in [-0.2, 0) is 14.6 Å². The number of nitrogens with two attached hydrogens (primary N) is 1. The fourth-order valence-electron chi connectivity index (χ4n) is 3.28. The summed E-state index contributed by atoms with van der Waals surface area (Å²) in [5.41, 5.74) is 5.30. The van der Waals surface area contributed by atoms with Crippen molar-refractivity contribution in [1.29, 1.82) is 0 Å². The highest BCUT2D eigenvalue weighted by atomic mass is 32.2. The van der Waals surface area contributed by atoms with Crippen LogP contribution in [-0.4, -0.2) is 36.4 Å². The fourth-order valence-corrected chi connectivity index (χ4v) is 5.28. The molecule has 0 aromatic rings. The van der Waals surface area contributed by atoms with Crippen LogP contribution in [0.3, 0.4) is 0 Å². The van der Waals surface area contributed by atoms with Crippen LogP contribution in [0.1, 0.15) is 51.4 Å². The summed E-state index contributed by atoms with van der Waals surface area (Å²) in [6, 6.07) is 0. The van der Waals surface area contributed by atoms with Crippen LogP contribution in [0.5, 0.6) is 0 Å². The first-order valence-corrected chi connectivity index (χ1v) is 9.90. The Morgan fingerprint density at radius 2 is 1.71 bits per heavy atom. The van der Waals surface area contributed by atoms with Crippen molar-refractivity contribution in [2.24, 2.45) is 11.7 Å². The van der Waals surface area contributed by atoms with Gasteiger partial charge in [0.2, 0.25) is 5.91 Å². The number of carbonyl (C=O) groups is 1. The average Bonchev–Trinajstić information content (AvgIpc) is 2.73. The highest BCUT2D eigenvalue weighted by molar-refractivity contribution is 7.91. The van der Waals surface area contributed by atoms with Crippen LogP contribution in [0.15, 0.2) is 0 Å². The molecule has 120 valence electrons. The Balaban J connectivity index is 2.08. The zero-order valence-corrected chi connectivity index (χ0v) is 13.9. The lowest BCUT2D eigenvalue weighted by Crippen LogP contribution is -2.58. The van der Waals surface area contributed by atoms with Crippen molar-refractivity contribution in [3.05, 3.63) is 0 Å². The summed E-state index contributed by atoms with van der Waals surface area (Å²) >= 11 is 5.21. The normalized spacial score (nSPS) is 28.3. The highest BCUT2D eigenvalue weighted by Crippen LogP contribution is 2.28. The molecule has 3 N–H and O–H groups in total. The first-order valence-electron chi connectivity index (χ1n) is 7.67. The molecule has 0 radical (unpaired) electrons. The molecule has 0 bridgehead atoms. The maximum absolute atomic E-state index is 12.4. The molecule has 1 saturated carbocycles. The van der Waals surface area contributed by atoms with Gasteiger partial charge in [0.05, 0.1) is 28.0 Å². The second-order valence-electron chi connectivity index (χ2n) is 6.30. The molecule has 1 unspecified atom stereocenters. The molecule has 1 aliphatic carbocycles. The standard InChI is InChI=1S/C14H24N2O3S2/c15-13(20)14(7-4-2-1-3-5-8-14)16-12(17)11-6-9-21(18,19)10-11/h11H,1-10H2,(H2,15,20)(H,16,17). The van der Waals surface area contributed by atoms with Gasteiger partial charge in [-0.25, -0.2) is 8.42 Å². The number of hydrogen-bond donors (Lipinski definition) is 2. The fraction of sp³-hybridized carbons (Fsp3) is 0.857. The zero-order valence-electron chi connectivity index (χ0n) is 12.3. The van der Waals surface area contributed by atoms with Gasteiger partial charge >= 0.3 is 0 Å². The van der Waals surface area contributed by atoms with E-state index in [1.165, 1.54) is 6.42 Å². The van der Waals surface area contributed by atoms with E-state index in [9.17, 15) is 13.2 Å². The highest BCUT2D eigenvalue weighted by Gasteiger charge is 2.39. The number of amides is 1. The predicted octanol–water partition coefficient (Wildman–Crippen LogP) is 1.31. The topological polar surface area (TPSA) is 89.3 Å². The quantitative estimate of drug-likeness (QED) is 0.761. The molecule has 0 aromatic heterocycles. The van der Waals surface area contributed by atoms with E-state index in [-0.39, 0.29) is 17.4 Å². The largest absolute Gasteiger partial charge is 0.391 e. The maximum atomic E-state index is 12.4. The Kier molecular flexibility index (Phi) is 5.24. The van der Waals surface area contributed by atoms with E-state index in [4.69, 9.17) is 18.0 Å². The molecule has 1 amide bonds. The van der Waals surface area contributed by atoms with Crippen LogP contribution in [0.4, 0.5) is 0 Å². The lowest BCUT2D eigenvalue weighted by molar-refractivity contribution is -0.125. The first-order chi connectivity index (χ1) is 9.85. The molecule has 0 aromatic carbocycles. The number of thiocarbonyl (C=S) groups is 1. The molecule has 2 fully saturated rings. The SMILES string of the molecule is NC(=S)C1(NC(=O)C2CCS(=O)(=O)C2)CCCCCCC1. The summed E-state index contributed by atoms with van der Waals surface area (Å²) in [5.74, 6) is -0.603. The molecule has 7 heteroatoms. The second-order valence-corrected chi connectivity index (χ2v) is 8.97. The number of hydrogen-bond acceptors (Lipinski definition) is 4. The van der Waals surface area contributed by atoms with Gasteiger partial charge in [0.1, 0.15) is 0 Å². The van der Waals surface area contributed by atoms with Crippen molar-refractivity contribution in [1.82, 2.24) is 5.32 Å². The molecular weight excluding hydrogens is 308 g/mol. The molecule has 21 heavy (non-hydrogen) atoms. The van der Waals surface area contributed by atoms with Crippen molar-refractivity contribution >= 4 is 33.0 Å². The summed E-state index contributed by atoms with van der Waals surface area (Å²) in [5, 5.41) is 3.01. The Bertz CT molecular complexity index is 508. The van der Waals surface area contributed by atoms with Crippen LogP contribution in [0, 0.1) is 5.92 Å². The lowest BCUT2D eigenvalue weighted by atomic mass is 9.83. The van der Waals surface area contributed by atoms with Crippen molar-refractivity contribution in [2.45, 2.75) is 56.9 Å². The van der Waals surface area contributed by atoms with Crippen LogP contribution in [0.25, 0.3) is 0 Å². The van der Waals surface area contributed by atoms with Gasteiger partial charge in [-0.2, -0.15) is 0 Å². The Labute approximate surface area is 132 Å². The molecule has 1 aliphatic heterocycles. The van der Waals surface area contributed by atoms with Crippen molar-refractivity contribution in [2.75, 3.05) is 11.5 Å². The van der Waals surface area contributed by atoms with E-state index in [1.54, 1.807) is 0 Å². The van der Waals surface area contributed by atoms with Gasteiger partial charge in [-0.05, 0) is 19.3 Å². The summed E-state index contributed by atoms with van der Waals surface area (Å²) in [7, 11) is -3.06. The average molecular weight is 332 g/mol. The van der Waals surface area contributed by atoms with Crippen molar-refractivity contribution in [3.8, 4) is 0 Å². The third kappa shape index (κ3) is 4.16. The number of nitrogens with one attached hydrogen (secondary N) is 1. The smallest absolute Gasteiger partial charge is 0.224 e. The van der Waals surface area contributed by atoms with Gasteiger partial charge in [-0.1, -0.05) is 44.3 Å². The molecule has 2 rings (SSSR count). The number of sulfone groups is 1. The van der Waals surface area contributed by atoms with Gasteiger partial charge in [0.15, 0.2) is 9.84 Å². The Morgan fingerprint density at radius 1 is 1.14 bits per heavy atom. The van der Waals surface area contributed by atoms with E-state index < -0.39 is 21.3 Å². The molecule has 2 aliphatic rings. The third-order valence-corrected chi connectivity index (χ3v) is 6.80. The van der Waals surface area contributed by atoms with E-state index in [2.05, 4.69) is 5.32 Å². The molecule has 1 atom stereocenters. The summed E-state index contributed by atoms with van der Waals surface area (Å²) in [6.07, 6.45) is 7.35. The molecular formula is C14H24N2O3S2. The molecule has 1 heterocycles. The molecule has 1 saturated heterocycles. The summed E-state index contributed by atoms with van der Waals surface area (Å²) in [6.45, 7) is 0. The number of rotatable bonds is 3. The van der Waals surface area contributed by atoms with Crippen LogP contribution in [0.2, 0.25) is 0 Å². The van der Waals surface area contributed by atoms with Crippen LogP contribution < -0.4 is 11.1 Å². The molecule has 0 spiro atoms. The minimum absolute atomic E-state index is 0.0494. The first kappa shape index (κ1) is 16.7.